The topological polar surface area (TPSA) is 43.6 Å². The van der Waals surface area contributed by atoms with Gasteiger partial charge in [-0.2, -0.15) is 18.3 Å². The molecule has 0 fully saturated rings. The Morgan fingerprint density at radius 3 is 2.56 bits per heavy atom. The van der Waals surface area contributed by atoms with Crippen LogP contribution in [0, 0.1) is 6.92 Å². The summed E-state index contributed by atoms with van der Waals surface area (Å²) >= 11 is 6.15. The Balaban J connectivity index is 1.94. The van der Waals surface area contributed by atoms with Crippen molar-refractivity contribution in [1.82, 2.24) is 19.7 Å². The van der Waals surface area contributed by atoms with Gasteiger partial charge in [-0.1, -0.05) is 11.6 Å². The minimum Gasteiger partial charge on any atom is -0.264 e. The zero-order chi connectivity index (χ0) is 19.2. The average molecular weight is 389 g/mol. The molecule has 3 aromatic heterocycles. The van der Waals surface area contributed by atoms with Crippen LogP contribution in [0.2, 0.25) is 5.02 Å². The van der Waals surface area contributed by atoms with Crippen molar-refractivity contribution < 1.29 is 13.2 Å². The zero-order valence-corrected chi connectivity index (χ0v) is 14.8. The molecule has 0 aliphatic rings. The van der Waals surface area contributed by atoms with Crippen LogP contribution in [0.4, 0.5) is 13.2 Å². The van der Waals surface area contributed by atoms with E-state index < -0.39 is 11.7 Å². The summed E-state index contributed by atoms with van der Waals surface area (Å²) in [5.41, 5.74) is 2.50. The first-order chi connectivity index (χ1) is 12.9. The summed E-state index contributed by atoms with van der Waals surface area (Å²) in [4.78, 5) is 8.46. The maximum atomic E-state index is 13.1. The molecule has 0 N–H and O–H groups in total. The average Bonchev–Trinajstić information content (AvgIpc) is 3.06. The van der Waals surface area contributed by atoms with Crippen LogP contribution in [0.5, 0.6) is 0 Å². The fourth-order valence-electron chi connectivity index (χ4n) is 2.94. The van der Waals surface area contributed by atoms with E-state index in [0.29, 0.717) is 11.0 Å². The molecule has 0 atom stereocenters. The molecular weight excluding hydrogens is 377 g/mol. The second-order valence-corrected chi connectivity index (χ2v) is 6.41. The maximum absolute atomic E-state index is 13.1. The predicted molar refractivity (Wildman–Crippen MR) is 96.8 cm³/mol. The lowest BCUT2D eigenvalue weighted by molar-refractivity contribution is -0.137. The summed E-state index contributed by atoms with van der Waals surface area (Å²) in [6, 6.07) is 6.83. The third-order valence-electron chi connectivity index (χ3n) is 4.30. The molecule has 8 heteroatoms. The number of pyridine rings is 2. The quantitative estimate of drug-likeness (QED) is 0.457. The molecule has 136 valence electrons. The van der Waals surface area contributed by atoms with Crippen molar-refractivity contribution in [1.29, 1.82) is 0 Å². The minimum absolute atomic E-state index is 0.119. The first-order valence-corrected chi connectivity index (χ1v) is 8.35. The molecule has 0 unspecified atom stereocenters. The molecule has 0 spiro atoms. The van der Waals surface area contributed by atoms with Gasteiger partial charge in [0.05, 0.1) is 22.5 Å². The minimum atomic E-state index is -4.48. The molecule has 27 heavy (non-hydrogen) atoms. The molecule has 0 aliphatic carbocycles. The van der Waals surface area contributed by atoms with E-state index in [4.69, 9.17) is 11.6 Å². The standard InChI is InChI=1S/C19H12ClF3N4/c1-11-4-6-24-9-14(11)13-5-7-25-18-15(13)10-26-27(18)17-8-12(19(21,22)23)2-3-16(17)20/h2-10H,1H3. The summed E-state index contributed by atoms with van der Waals surface area (Å²) in [7, 11) is 0. The smallest absolute Gasteiger partial charge is 0.264 e. The molecule has 0 amide bonds. The Kier molecular flexibility index (Phi) is 4.11. The van der Waals surface area contributed by atoms with Gasteiger partial charge < -0.3 is 0 Å². The van der Waals surface area contributed by atoms with Crippen LogP contribution >= 0.6 is 11.6 Å². The van der Waals surface area contributed by atoms with E-state index in [1.807, 2.05) is 19.1 Å². The van der Waals surface area contributed by atoms with Gasteiger partial charge in [0.2, 0.25) is 0 Å². The van der Waals surface area contributed by atoms with Gasteiger partial charge in [0.15, 0.2) is 5.65 Å². The van der Waals surface area contributed by atoms with Gasteiger partial charge in [-0.3, -0.25) is 4.98 Å². The molecule has 0 saturated heterocycles. The number of aryl methyl sites for hydroxylation is 1. The fraction of sp³-hybridized carbons (Fsp3) is 0.105. The van der Waals surface area contributed by atoms with Crippen LogP contribution in [0.25, 0.3) is 27.8 Å². The Labute approximate surface area is 157 Å². The Morgan fingerprint density at radius 2 is 1.81 bits per heavy atom. The van der Waals surface area contributed by atoms with E-state index in [-0.39, 0.29) is 10.7 Å². The van der Waals surface area contributed by atoms with E-state index in [1.165, 1.54) is 10.7 Å². The number of benzene rings is 1. The Hall–Kier alpha value is -2.93. The zero-order valence-electron chi connectivity index (χ0n) is 14.0. The summed E-state index contributed by atoms with van der Waals surface area (Å²) in [6.07, 6.45) is 2.11. The first-order valence-electron chi connectivity index (χ1n) is 7.97. The number of aromatic nitrogens is 4. The Morgan fingerprint density at radius 1 is 1.00 bits per heavy atom. The molecule has 0 saturated carbocycles. The second kappa shape index (κ2) is 6.35. The lowest BCUT2D eigenvalue weighted by Gasteiger charge is -2.11. The molecule has 0 bridgehead atoms. The molecule has 1 aromatic carbocycles. The normalized spacial score (nSPS) is 11.9. The van der Waals surface area contributed by atoms with Crippen LogP contribution in [0.15, 0.2) is 55.1 Å². The van der Waals surface area contributed by atoms with E-state index in [9.17, 15) is 13.2 Å². The summed E-state index contributed by atoms with van der Waals surface area (Å²) in [5, 5.41) is 5.09. The number of alkyl halides is 3. The molecule has 3 heterocycles. The molecule has 4 nitrogen and oxygen atoms in total. The van der Waals surface area contributed by atoms with Crippen LogP contribution in [0.1, 0.15) is 11.1 Å². The highest BCUT2D eigenvalue weighted by Gasteiger charge is 2.31. The number of hydrogen-bond donors (Lipinski definition) is 0. The highest BCUT2D eigenvalue weighted by Crippen LogP contribution is 2.35. The van der Waals surface area contributed by atoms with Crippen molar-refractivity contribution in [2.75, 3.05) is 0 Å². The van der Waals surface area contributed by atoms with Gasteiger partial charge in [0.1, 0.15) is 0 Å². The van der Waals surface area contributed by atoms with Crippen molar-refractivity contribution in [2.24, 2.45) is 0 Å². The van der Waals surface area contributed by atoms with Crippen molar-refractivity contribution in [3.8, 4) is 16.8 Å². The predicted octanol–water partition coefficient (Wildman–Crippen LogP) is 5.46. The highest BCUT2D eigenvalue weighted by atomic mass is 35.5. The third kappa shape index (κ3) is 3.04. The van der Waals surface area contributed by atoms with E-state index >= 15 is 0 Å². The van der Waals surface area contributed by atoms with Crippen molar-refractivity contribution >= 4 is 22.6 Å². The number of rotatable bonds is 2. The van der Waals surface area contributed by atoms with Gasteiger partial charge in [0, 0.05) is 29.5 Å². The summed E-state index contributed by atoms with van der Waals surface area (Å²) < 4.78 is 40.6. The lowest BCUT2D eigenvalue weighted by atomic mass is 10.0. The molecule has 4 aromatic rings. The van der Waals surface area contributed by atoms with Crippen molar-refractivity contribution in [3.05, 3.63) is 71.3 Å². The largest absolute Gasteiger partial charge is 0.416 e. The third-order valence-corrected chi connectivity index (χ3v) is 4.62. The lowest BCUT2D eigenvalue weighted by Crippen LogP contribution is -2.07. The van der Waals surface area contributed by atoms with Gasteiger partial charge in [0.25, 0.3) is 0 Å². The molecular formula is C19H12ClF3N4. The van der Waals surface area contributed by atoms with E-state index in [2.05, 4.69) is 15.1 Å². The van der Waals surface area contributed by atoms with E-state index in [1.54, 1.807) is 24.8 Å². The molecule has 0 aliphatic heterocycles. The SMILES string of the molecule is Cc1ccncc1-c1ccnc2c1cnn2-c1cc(C(F)(F)F)ccc1Cl. The van der Waals surface area contributed by atoms with Crippen molar-refractivity contribution in [3.63, 3.8) is 0 Å². The maximum Gasteiger partial charge on any atom is 0.416 e. The fourth-order valence-corrected chi connectivity index (χ4v) is 3.13. The Bertz CT molecular complexity index is 1150. The van der Waals surface area contributed by atoms with Gasteiger partial charge in [-0.15, -0.1) is 0 Å². The number of hydrogen-bond acceptors (Lipinski definition) is 3. The summed E-state index contributed by atoms with van der Waals surface area (Å²) in [5.74, 6) is 0. The first kappa shape index (κ1) is 17.5. The van der Waals surface area contributed by atoms with Crippen LogP contribution in [-0.2, 0) is 6.18 Å². The highest BCUT2D eigenvalue weighted by molar-refractivity contribution is 6.32. The number of fused-ring (bicyclic) bond motifs is 1. The van der Waals surface area contributed by atoms with Gasteiger partial charge in [-0.05, 0) is 48.4 Å². The molecule has 0 radical (unpaired) electrons. The van der Waals surface area contributed by atoms with Crippen LogP contribution < -0.4 is 0 Å². The second-order valence-electron chi connectivity index (χ2n) is 6.01. The van der Waals surface area contributed by atoms with Crippen molar-refractivity contribution in [2.45, 2.75) is 13.1 Å². The van der Waals surface area contributed by atoms with Crippen LogP contribution in [0.3, 0.4) is 0 Å². The van der Waals surface area contributed by atoms with Gasteiger partial charge >= 0.3 is 6.18 Å². The van der Waals surface area contributed by atoms with Crippen LogP contribution in [-0.4, -0.2) is 19.7 Å². The molecule has 4 rings (SSSR count). The number of halogens is 4. The number of nitrogens with zero attached hydrogens (tertiary/aromatic N) is 4. The van der Waals surface area contributed by atoms with E-state index in [0.717, 1.165) is 28.8 Å². The summed E-state index contributed by atoms with van der Waals surface area (Å²) in [6.45, 7) is 1.96. The monoisotopic (exact) mass is 388 g/mol. The van der Waals surface area contributed by atoms with Gasteiger partial charge in [-0.25, -0.2) is 9.67 Å².